The quantitative estimate of drug-likeness (QED) is 0.294. The number of carbonyl (C=O) groups excluding carboxylic acids is 3. The van der Waals surface area contributed by atoms with E-state index in [1.807, 2.05) is 60.7 Å². The van der Waals surface area contributed by atoms with Crippen LogP contribution in [-0.2, 0) is 27.2 Å². The molecule has 2 unspecified atom stereocenters. The van der Waals surface area contributed by atoms with Gasteiger partial charge in [-0.25, -0.2) is 0 Å². The van der Waals surface area contributed by atoms with E-state index in [0.717, 1.165) is 24.2 Å². The normalized spacial score (nSPS) is 18.1. The number of carbonyl (C=O) groups is 3. The Labute approximate surface area is 240 Å². The number of primary amides is 1. The van der Waals surface area contributed by atoms with E-state index >= 15 is 0 Å². The molecule has 0 heterocycles. The minimum absolute atomic E-state index is 0.0516. The average Bonchev–Trinajstić information content (AvgIpc) is 2.98. The zero-order valence-corrected chi connectivity index (χ0v) is 24.1. The van der Waals surface area contributed by atoms with Gasteiger partial charge in [0.1, 0.15) is 5.78 Å². The van der Waals surface area contributed by atoms with E-state index in [1.54, 1.807) is 0 Å². The minimum atomic E-state index is -0.567. The lowest BCUT2D eigenvalue weighted by Crippen LogP contribution is -2.44. The Hall–Kier alpha value is -2.95. The van der Waals surface area contributed by atoms with Crippen molar-refractivity contribution in [1.82, 2.24) is 4.90 Å². The van der Waals surface area contributed by atoms with Crippen LogP contribution >= 0.6 is 0 Å². The summed E-state index contributed by atoms with van der Waals surface area (Å²) in [5.74, 6) is -0.273. The van der Waals surface area contributed by atoms with Crippen LogP contribution in [-0.4, -0.2) is 35.6 Å². The van der Waals surface area contributed by atoms with E-state index in [0.29, 0.717) is 24.7 Å². The van der Waals surface area contributed by atoms with Crippen LogP contribution in [0.1, 0.15) is 88.2 Å². The van der Waals surface area contributed by atoms with Crippen molar-refractivity contribution in [2.45, 2.75) is 89.9 Å². The van der Waals surface area contributed by atoms with Crippen molar-refractivity contribution in [3.05, 3.63) is 71.8 Å². The lowest BCUT2D eigenvalue weighted by Gasteiger charge is -2.35. The van der Waals surface area contributed by atoms with E-state index in [2.05, 4.69) is 4.90 Å². The summed E-state index contributed by atoms with van der Waals surface area (Å²) in [6, 6.07) is 19.7. The summed E-state index contributed by atoms with van der Waals surface area (Å²) in [4.78, 5) is 42.2. The van der Waals surface area contributed by atoms with Gasteiger partial charge in [0, 0.05) is 37.8 Å². The van der Waals surface area contributed by atoms with Crippen molar-refractivity contribution in [2.24, 2.45) is 29.4 Å². The van der Waals surface area contributed by atoms with Crippen molar-refractivity contribution in [3.8, 4) is 0 Å². The highest BCUT2D eigenvalue weighted by molar-refractivity contribution is 5.90. The molecule has 2 N–H and O–H groups in total. The Bertz CT molecular complexity index is 1040. The van der Waals surface area contributed by atoms with Gasteiger partial charge in [-0.1, -0.05) is 99.2 Å². The van der Waals surface area contributed by atoms with Gasteiger partial charge in [0.25, 0.3) is 0 Å². The van der Waals surface area contributed by atoms with Crippen LogP contribution in [0.3, 0.4) is 0 Å². The molecule has 0 aromatic heterocycles. The molecular formula is C35H48N2O3. The fourth-order valence-corrected chi connectivity index (χ4v) is 6.83. The number of ketones is 1. The SMILES string of the molecule is NC(=O)C(CC(=O)CC(Cc1ccccc1)C(=O)N(CC1CCCCC1)CC1CCCCC1)Cc1ccccc1. The second-order valence-electron chi connectivity index (χ2n) is 12.4. The topological polar surface area (TPSA) is 80.5 Å². The highest BCUT2D eigenvalue weighted by Crippen LogP contribution is 2.30. The molecule has 5 heteroatoms. The maximum atomic E-state index is 14.3. The number of rotatable bonds is 14. The van der Waals surface area contributed by atoms with E-state index in [4.69, 9.17) is 5.73 Å². The summed E-state index contributed by atoms with van der Waals surface area (Å²) < 4.78 is 0. The Balaban J connectivity index is 1.50. The Morgan fingerprint density at radius 1 is 0.650 bits per heavy atom. The number of hydrogen-bond acceptors (Lipinski definition) is 3. The van der Waals surface area contributed by atoms with Crippen LogP contribution in [0.5, 0.6) is 0 Å². The third-order valence-corrected chi connectivity index (χ3v) is 9.07. The van der Waals surface area contributed by atoms with Crippen LogP contribution in [0.25, 0.3) is 0 Å². The van der Waals surface area contributed by atoms with Gasteiger partial charge < -0.3 is 10.6 Å². The molecule has 2 fully saturated rings. The highest BCUT2D eigenvalue weighted by Gasteiger charge is 2.32. The summed E-state index contributed by atoms with van der Waals surface area (Å²) >= 11 is 0. The van der Waals surface area contributed by atoms with Gasteiger partial charge in [0.15, 0.2) is 0 Å². The predicted molar refractivity (Wildman–Crippen MR) is 160 cm³/mol. The molecule has 0 spiro atoms. The first-order chi connectivity index (χ1) is 19.5. The van der Waals surface area contributed by atoms with Crippen LogP contribution in [0.2, 0.25) is 0 Å². The van der Waals surface area contributed by atoms with E-state index < -0.39 is 17.7 Å². The maximum Gasteiger partial charge on any atom is 0.226 e. The molecule has 5 nitrogen and oxygen atoms in total. The minimum Gasteiger partial charge on any atom is -0.369 e. The molecule has 0 saturated heterocycles. The van der Waals surface area contributed by atoms with Crippen molar-refractivity contribution >= 4 is 17.6 Å². The van der Waals surface area contributed by atoms with Crippen molar-refractivity contribution in [3.63, 3.8) is 0 Å². The molecule has 2 saturated carbocycles. The fourth-order valence-electron chi connectivity index (χ4n) is 6.83. The Kier molecular flexibility index (Phi) is 11.8. The molecule has 2 aliphatic carbocycles. The van der Waals surface area contributed by atoms with Gasteiger partial charge >= 0.3 is 0 Å². The molecule has 4 rings (SSSR count). The summed E-state index contributed by atoms with van der Waals surface area (Å²) in [7, 11) is 0. The van der Waals surface area contributed by atoms with Gasteiger partial charge in [0.05, 0.1) is 0 Å². The molecule has 2 aliphatic rings. The van der Waals surface area contributed by atoms with Gasteiger partial charge in [-0.15, -0.1) is 0 Å². The molecular weight excluding hydrogens is 496 g/mol. The van der Waals surface area contributed by atoms with Gasteiger partial charge in [-0.3, -0.25) is 14.4 Å². The third-order valence-electron chi connectivity index (χ3n) is 9.07. The lowest BCUT2D eigenvalue weighted by molar-refractivity contribution is -0.139. The first kappa shape index (κ1) is 30.0. The maximum absolute atomic E-state index is 14.3. The van der Waals surface area contributed by atoms with Gasteiger partial charge in [0.2, 0.25) is 11.8 Å². The summed E-state index contributed by atoms with van der Waals surface area (Å²) in [5.41, 5.74) is 7.79. The summed E-state index contributed by atoms with van der Waals surface area (Å²) in [5, 5.41) is 0. The van der Waals surface area contributed by atoms with Crippen LogP contribution < -0.4 is 5.73 Å². The molecule has 216 valence electrons. The predicted octanol–water partition coefficient (Wildman–Crippen LogP) is 6.53. The number of hydrogen-bond donors (Lipinski definition) is 1. The van der Waals surface area contributed by atoms with Crippen LogP contribution in [0.15, 0.2) is 60.7 Å². The summed E-state index contributed by atoms with van der Waals surface area (Å²) in [6.07, 6.45) is 13.6. The standard InChI is InChI=1S/C35H48N2O3/c36-34(39)31(21-27-13-5-1-6-14-27)23-33(38)24-32(22-28-15-7-2-8-16-28)35(40)37(25-29-17-9-3-10-18-29)26-30-19-11-4-12-20-30/h1-2,5-8,13-16,29-32H,3-4,9-12,17-26H2,(H2,36,39). The molecule has 0 bridgehead atoms. The molecule has 0 aliphatic heterocycles. The molecule has 0 radical (unpaired) electrons. The Morgan fingerprint density at radius 3 is 1.52 bits per heavy atom. The van der Waals surface area contributed by atoms with Crippen molar-refractivity contribution < 1.29 is 14.4 Å². The molecule has 40 heavy (non-hydrogen) atoms. The smallest absolute Gasteiger partial charge is 0.226 e. The van der Waals surface area contributed by atoms with E-state index in [-0.39, 0.29) is 24.5 Å². The van der Waals surface area contributed by atoms with Crippen molar-refractivity contribution in [1.29, 1.82) is 0 Å². The molecule has 2 atom stereocenters. The Morgan fingerprint density at radius 2 is 1.07 bits per heavy atom. The summed E-state index contributed by atoms with van der Waals surface area (Å²) in [6.45, 7) is 1.62. The zero-order chi connectivity index (χ0) is 28.2. The second-order valence-corrected chi connectivity index (χ2v) is 12.4. The monoisotopic (exact) mass is 544 g/mol. The highest BCUT2D eigenvalue weighted by atomic mass is 16.2. The molecule has 2 aromatic carbocycles. The lowest BCUT2D eigenvalue weighted by atomic mass is 9.85. The second kappa shape index (κ2) is 15.7. The van der Waals surface area contributed by atoms with Crippen LogP contribution in [0.4, 0.5) is 0 Å². The number of nitrogens with two attached hydrogens (primary N) is 1. The van der Waals surface area contributed by atoms with E-state index in [9.17, 15) is 14.4 Å². The zero-order valence-electron chi connectivity index (χ0n) is 24.1. The van der Waals surface area contributed by atoms with Gasteiger partial charge in [-0.2, -0.15) is 0 Å². The molecule has 2 aromatic rings. The number of Topliss-reactive ketones (excluding diaryl/α,β-unsaturated/α-hetero) is 1. The van der Waals surface area contributed by atoms with Gasteiger partial charge in [-0.05, 0) is 61.5 Å². The van der Waals surface area contributed by atoms with Crippen LogP contribution in [0, 0.1) is 23.7 Å². The first-order valence-electron chi connectivity index (χ1n) is 15.7. The number of benzene rings is 2. The van der Waals surface area contributed by atoms with E-state index in [1.165, 1.54) is 64.2 Å². The molecule has 2 amide bonds. The van der Waals surface area contributed by atoms with Crippen molar-refractivity contribution in [2.75, 3.05) is 13.1 Å². The third kappa shape index (κ3) is 9.60. The fraction of sp³-hybridized carbons (Fsp3) is 0.571. The number of amides is 2. The number of nitrogens with zero attached hydrogens (tertiary/aromatic N) is 1. The largest absolute Gasteiger partial charge is 0.369 e. The first-order valence-corrected chi connectivity index (χ1v) is 15.7. The average molecular weight is 545 g/mol.